The van der Waals surface area contributed by atoms with Gasteiger partial charge in [-0.3, -0.25) is 10.1 Å². The monoisotopic (exact) mass is 540 g/mol. The molecule has 38 heavy (non-hydrogen) atoms. The van der Waals surface area contributed by atoms with E-state index in [9.17, 15) is 19.5 Å². The van der Waals surface area contributed by atoms with Crippen LogP contribution < -0.4 is 16.4 Å². The van der Waals surface area contributed by atoms with Crippen molar-refractivity contribution < 1.29 is 29.0 Å². The van der Waals surface area contributed by atoms with Crippen LogP contribution in [0, 0.1) is 0 Å². The number of benzene rings is 2. The number of aliphatic hydroxyl groups is 1. The fraction of sp³-hybridized carbons (Fsp3) is 0.333. The van der Waals surface area contributed by atoms with Gasteiger partial charge in [0.1, 0.15) is 17.8 Å². The lowest BCUT2D eigenvalue weighted by atomic mass is 9.88. The molecular formula is C27H32N4O6S. The third kappa shape index (κ3) is 9.16. The number of primary amides is 1. The van der Waals surface area contributed by atoms with Crippen LogP contribution >= 0.6 is 11.3 Å². The van der Waals surface area contributed by atoms with Crippen LogP contribution in [-0.2, 0) is 32.7 Å². The van der Waals surface area contributed by atoms with Crippen LogP contribution in [0.1, 0.15) is 44.0 Å². The lowest BCUT2D eigenvalue weighted by Crippen LogP contribution is -2.34. The number of carbonyl (C=O) groups is 3. The molecule has 202 valence electrons. The highest BCUT2D eigenvalue weighted by Crippen LogP contribution is 2.28. The van der Waals surface area contributed by atoms with Crippen molar-refractivity contribution in [1.29, 1.82) is 0 Å². The summed E-state index contributed by atoms with van der Waals surface area (Å²) in [5.74, 6) is -0.256. The summed E-state index contributed by atoms with van der Waals surface area (Å²) in [5, 5.41) is 18.6. The predicted octanol–water partition coefficient (Wildman–Crippen LogP) is 4.59. The minimum Gasteiger partial charge on any atom is -0.446 e. The summed E-state index contributed by atoms with van der Waals surface area (Å²) in [7, 11) is 0. The van der Waals surface area contributed by atoms with Gasteiger partial charge in [0.05, 0.1) is 12.1 Å². The third-order valence-corrected chi connectivity index (χ3v) is 6.14. The van der Waals surface area contributed by atoms with Crippen molar-refractivity contribution in [3.8, 4) is 0 Å². The van der Waals surface area contributed by atoms with E-state index in [0.717, 1.165) is 5.56 Å². The van der Waals surface area contributed by atoms with Crippen molar-refractivity contribution >= 4 is 40.2 Å². The molecule has 0 bridgehead atoms. The van der Waals surface area contributed by atoms with E-state index in [2.05, 4.69) is 15.6 Å². The quantitative estimate of drug-likeness (QED) is 0.293. The number of hydrogen-bond donors (Lipinski definition) is 4. The van der Waals surface area contributed by atoms with E-state index < -0.39 is 23.4 Å². The van der Waals surface area contributed by atoms with Crippen molar-refractivity contribution in [3.63, 3.8) is 0 Å². The average Bonchev–Trinajstić information content (AvgIpc) is 3.27. The molecule has 2 aromatic carbocycles. The van der Waals surface area contributed by atoms with Gasteiger partial charge < -0.3 is 25.6 Å². The third-order valence-electron chi connectivity index (χ3n) is 5.33. The average molecular weight is 541 g/mol. The lowest BCUT2D eigenvalue weighted by molar-refractivity contribution is -0.115. The Kier molecular flexibility index (Phi) is 9.43. The summed E-state index contributed by atoms with van der Waals surface area (Å²) in [6, 6.07) is 16.2. The molecule has 0 aliphatic heterocycles. The molecule has 0 fully saturated rings. The Morgan fingerprint density at radius 3 is 2.34 bits per heavy atom. The number of carbonyl (C=O) groups excluding carboxylic acids is 3. The second-order valence-corrected chi connectivity index (χ2v) is 10.6. The Balaban J connectivity index is 1.53. The summed E-state index contributed by atoms with van der Waals surface area (Å²) in [4.78, 5) is 39.7. The standard InChI is InChI=1S/C27H32N4O6S/c1-26(2,3)37-25(34)31-24-30-21(16-38-24)15-22(32)29-20-11-9-18(10-12-20)13-14-27(35,17-36-23(28)33)19-7-5-4-6-8-19/h4-12,16,35H,13-15,17H2,1-3H3,(H2,28,33)(H,29,32)(H,30,31,34). The first-order chi connectivity index (χ1) is 17.9. The van der Waals surface area contributed by atoms with Crippen molar-refractivity contribution in [2.75, 3.05) is 17.2 Å². The van der Waals surface area contributed by atoms with Gasteiger partial charge in [0, 0.05) is 11.1 Å². The molecule has 1 aromatic heterocycles. The van der Waals surface area contributed by atoms with Crippen LogP contribution in [-0.4, -0.2) is 40.4 Å². The number of amides is 3. The van der Waals surface area contributed by atoms with Crippen molar-refractivity contribution in [1.82, 2.24) is 4.98 Å². The zero-order valence-electron chi connectivity index (χ0n) is 21.5. The van der Waals surface area contributed by atoms with E-state index in [4.69, 9.17) is 15.2 Å². The number of rotatable bonds is 10. The van der Waals surface area contributed by atoms with Crippen LogP contribution in [0.25, 0.3) is 0 Å². The lowest BCUT2D eigenvalue weighted by Gasteiger charge is -2.28. The van der Waals surface area contributed by atoms with Crippen LogP contribution in [0.4, 0.5) is 20.4 Å². The molecule has 0 spiro atoms. The van der Waals surface area contributed by atoms with E-state index in [0.29, 0.717) is 34.9 Å². The second kappa shape index (κ2) is 12.5. The van der Waals surface area contributed by atoms with Crippen LogP contribution in [0.3, 0.4) is 0 Å². The largest absolute Gasteiger partial charge is 0.446 e. The van der Waals surface area contributed by atoms with Crippen molar-refractivity contribution in [2.24, 2.45) is 5.73 Å². The maximum Gasteiger partial charge on any atom is 0.413 e. The first kappa shape index (κ1) is 28.6. The van der Waals surface area contributed by atoms with Crippen molar-refractivity contribution in [2.45, 2.75) is 51.2 Å². The molecule has 1 atom stereocenters. The van der Waals surface area contributed by atoms with Gasteiger partial charge in [-0.25, -0.2) is 14.6 Å². The predicted molar refractivity (Wildman–Crippen MR) is 145 cm³/mol. The Morgan fingerprint density at radius 1 is 1.03 bits per heavy atom. The number of aryl methyl sites for hydroxylation is 1. The molecule has 0 radical (unpaired) electrons. The number of ether oxygens (including phenoxy) is 2. The molecule has 3 aromatic rings. The fourth-order valence-corrected chi connectivity index (χ4v) is 4.25. The van der Waals surface area contributed by atoms with Crippen molar-refractivity contribution in [3.05, 3.63) is 76.8 Å². The van der Waals surface area contributed by atoms with E-state index in [-0.39, 0.29) is 18.9 Å². The number of nitrogens with one attached hydrogen (secondary N) is 2. The summed E-state index contributed by atoms with van der Waals surface area (Å²) < 4.78 is 10.1. The maximum atomic E-state index is 12.5. The molecule has 10 nitrogen and oxygen atoms in total. The summed E-state index contributed by atoms with van der Waals surface area (Å²) in [6.45, 7) is 5.04. The van der Waals surface area contributed by atoms with Gasteiger partial charge in [-0.2, -0.15) is 0 Å². The SMILES string of the molecule is CC(C)(C)OC(=O)Nc1nc(CC(=O)Nc2ccc(CCC(O)(COC(N)=O)c3ccccc3)cc2)cs1. The smallest absolute Gasteiger partial charge is 0.413 e. The van der Waals surface area contributed by atoms with E-state index in [1.807, 2.05) is 18.2 Å². The maximum absolute atomic E-state index is 12.5. The van der Waals surface area contributed by atoms with Gasteiger partial charge in [0.2, 0.25) is 5.91 Å². The van der Waals surface area contributed by atoms with Gasteiger partial charge >= 0.3 is 12.2 Å². The van der Waals surface area contributed by atoms with Gasteiger partial charge in [0.25, 0.3) is 0 Å². The number of anilines is 2. The van der Waals surface area contributed by atoms with E-state index in [1.165, 1.54) is 11.3 Å². The van der Waals surface area contributed by atoms with Gasteiger partial charge in [0.15, 0.2) is 5.13 Å². The number of thiazole rings is 1. The topological polar surface area (TPSA) is 153 Å². The fourth-order valence-electron chi connectivity index (χ4n) is 3.55. The Bertz CT molecular complexity index is 1240. The van der Waals surface area contributed by atoms with Gasteiger partial charge in [-0.15, -0.1) is 11.3 Å². The molecule has 0 aliphatic rings. The minimum atomic E-state index is -1.39. The van der Waals surface area contributed by atoms with Crippen LogP contribution in [0.5, 0.6) is 0 Å². The highest BCUT2D eigenvalue weighted by molar-refractivity contribution is 7.13. The van der Waals surface area contributed by atoms with E-state index >= 15 is 0 Å². The molecule has 3 amide bonds. The zero-order chi connectivity index (χ0) is 27.8. The Hall–Kier alpha value is -3.96. The normalized spacial score (nSPS) is 12.7. The zero-order valence-corrected chi connectivity index (χ0v) is 22.3. The second-order valence-electron chi connectivity index (χ2n) is 9.70. The highest BCUT2D eigenvalue weighted by Gasteiger charge is 2.30. The molecule has 1 unspecified atom stereocenters. The molecule has 11 heteroatoms. The molecule has 0 saturated carbocycles. The van der Waals surface area contributed by atoms with Gasteiger partial charge in [-0.05, 0) is 56.9 Å². The van der Waals surface area contributed by atoms with Crippen LogP contribution in [0.2, 0.25) is 0 Å². The Morgan fingerprint density at radius 2 is 1.71 bits per heavy atom. The molecule has 1 heterocycles. The minimum absolute atomic E-state index is 0.0399. The molecular weight excluding hydrogens is 508 g/mol. The molecule has 0 aliphatic carbocycles. The summed E-state index contributed by atoms with van der Waals surface area (Å²) >= 11 is 1.21. The highest BCUT2D eigenvalue weighted by atomic mass is 32.1. The summed E-state index contributed by atoms with van der Waals surface area (Å²) in [6.07, 6.45) is -0.732. The number of hydrogen-bond acceptors (Lipinski definition) is 8. The number of nitrogens with two attached hydrogens (primary N) is 1. The van der Waals surface area contributed by atoms with Crippen LogP contribution in [0.15, 0.2) is 60.0 Å². The molecule has 0 saturated heterocycles. The molecule has 5 N–H and O–H groups in total. The first-order valence-electron chi connectivity index (χ1n) is 12.0. The Labute approximate surface area is 225 Å². The van der Waals surface area contributed by atoms with E-state index in [1.54, 1.807) is 62.5 Å². The van der Waals surface area contributed by atoms with Gasteiger partial charge in [-0.1, -0.05) is 42.5 Å². The summed E-state index contributed by atoms with van der Waals surface area (Å²) in [5.41, 5.74) is 5.76. The number of nitrogens with zero attached hydrogens (tertiary/aromatic N) is 1. The number of aromatic nitrogens is 1. The molecule has 3 rings (SSSR count). The first-order valence-corrected chi connectivity index (χ1v) is 12.8.